The number of aromatic hydroxyl groups is 3. The van der Waals surface area contributed by atoms with Crippen LogP contribution >= 0.6 is 0 Å². The van der Waals surface area contributed by atoms with E-state index in [1.54, 1.807) is 55.0 Å². The molecule has 3 N–H and O–H groups in total. The zero-order valence-electron chi connectivity index (χ0n) is 17.9. The van der Waals surface area contributed by atoms with Gasteiger partial charge in [0.15, 0.2) is 0 Å². The van der Waals surface area contributed by atoms with Gasteiger partial charge in [-0.1, -0.05) is 54.6 Å². The van der Waals surface area contributed by atoms with Crippen molar-refractivity contribution in [2.45, 2.75) is 0 Å². The fourth-order valence-electron chi connectivity index (χ4n) is 3.26. The van der Waals surface area contributed by atoms with Gasteiger partial charge < -0.3 is 15.3 Å². The Kier molecular flexibility index (Phi) is 8.46. The SMILES string of the molecule is Oc1cccc2cccnc12.Oc1cccc2cccnc12.Oc1cccc2cccnc12.[Ir]. The van der Waals surface area contributed by atoms with Crippen molar-refractivity contribution in [1.29, 1.82) is 0 Å². The maximum absolute atomic E-state index is 9.31. The molecule has 3 aromatic heterocycles. The van der Waals surface area contributed by atoms with Gasteiger partial charge in [-0.2, -0.15) is 0 Å². The van der Waals surface area contributed by atoms with E-state index in [1.165, 1.54) is 0 Å². The number of phenols is 3. The predicted octanol–water partition coefficient (Wildman–Crippen LogP) is 5.82. The Morgan fingerprint density at radius 2 is 0.647 bits per heavy atom. The first kappa shape index (κ1) is 24.6. The summed E-state index contributed by atoms with van der Waals surface area (Å²) in [5.41, 5.74) is 1.99. The molecule has 0 unspecified atom stereocenters. The van der Waals surface area contributed by atoms with E-state index in [2.05, 4.69) is 15.0 Å². The first-order valence-corrected chi connectivity index (χ1v) is 10.2. The van der Waals surface area contributed by atoms with E-state index in [1.807, 2.05) is 54.6 Å². The molecule has 7 heteroatoms. The molecular weight excluding hydrogens is 607 g/mol. The Balaban J connectivity index is 0.000000141. The summed E-state index contributed by atoms with van der Waals surface area (Å²) < 4.78 is 0. The molecular formula is C27H21IrN3O3. The molecule has 6 nitrogen and oxygen atoms in total. The number of para-hydroxylation sites is 3. The minimum Gasteiger partial charge on any atom is -0.506 e. The van der Waals surface area contributed by atoms with E-state index >= 15 is 0 Å². The molecule has 0 aliphatic heterocycles. The van der Waals surface area contributed by atoms with Gasteiger partial charge in [0.1, 0.15) is 33.8 Å². The van der Waals surface area contributed by atoms with Crippen molar-refractivity contribution in [1.82, 2.24) is 15.0 Å². The number of fused-ring (bicyclic) bond motifs is 3. The molecule has 0 bridgehead atoms. The molecule has 0 aliphatic carbocycles. The van der Waals surface area contributed by atoms with Crippen LogP contribution in [0, 0.1) is 0 Å². The number of hydrogen-bond donors (Lipinski definition) is 3. The third-order valence-corrected chi connectivity index (χ3v) is 4.83. The van der Waals surface area contributed by atoms with Gasteiger partial charge in [0, 0.05) is 54.9 Å². The van der Waals surface area contributed by atoms with E-state index in [0.717, 1.165) is 16.2 Å². The monoisotopic (exact) mass is 628 g/mol. The molecule has 0 aliphatic rings. The summed E-state index contributed by atoms with van der Waals surface area (Å²) in [5.74, 6) is 0.717. The molecule has 0 saturated heterocycles. The fourth-order valence-corrected chi connectivity index (χ4v) is 3.26. The van der Waals surface area contributed by atoms with Gasteiger partial charge in [-0.05, 0) is 36.4 Å². The number of rotatable bonds is 0. The van der Waals surface area contributed by atoms with E-state index in [9.17, 15) is 15.3 Å². The third kappa shape index (κ3) is 5.84. The average Bonchev–Trinajstić information content (AvgIpc) is 2.86. The molecule has 3 aromatic carbocycles. The Morgan fingerprint density at radius 3 is 0.912 bits per heavy atom. The standard InChI is InChI=1S/3C9H7NO.Ir/c3*11-8-5-1-3-7-4-2-6-10-9(7)8;/h3*1-6,11H;. The molecule has 6 rings (SSSR count). The fraction of sp³-hybridized carbons (Fsp3) is 0. The summed E-state index contributed by atoms with van der Waals surface area (Å²) in [6.07, 6.45) is 5.01. The third-order valence-electron chi connectivity index (χ3n) is 4.83. The second-order valence-corrected chi connectivity index (χ2v) is 7.06. The van der Waals surface area contributed by atoms with Crippen LogP contribution in [-0.4, -0.2) is 30.3 Å². The van der Waals surface area contributed by atoms with Crippen LogP contribution in [0.25, 0.3) is 32.7 Å². The Labute approximate surface area is 209 Å². The van der Waals surface area contributed by atoms with Crippen LogP contribution in [-0.2, 0) is 20.1 Å². The molecule has 34 heavy (non-hydrogen) atoms. The van der Waals surface area contributed by atoms with Gasteiger partial charge in [0.2, 0.25) is 0 Å². The first-order chi connectivity index (χ1) is 16.1. The van der Waals surface area contributed by atoms with Gasteiger partial charge in [0.05, 0.1) is 0 Å². The van der Waals surface area contributed by atoms with Crippen LogP contribution in [0.15, 0.2) is 110 Å². The van der Waals surface area contributed by atoms with Gasteiger partial charge in [-0.25, -0.2) is 0 Å². The number of benzene rings is 3. The summed E-state index contributed by atoms with van der Waals surface area (Å²) in [5, 5.41) is 30.8. The van der Waals surface area contributed by atoms with Crippen molar-refractivity contribution in [3.63, 3.8) is 0 Å². The van der Waals surface area contributed by atoms with Crippen molar-refractivity contribution in [2.24, 2.45) is 0 Å². The van der Waals surface area contributed by atoms with Crippen LogP contribution in [0.1, 0.15) is 0 Å². The number of nitrogens with zero attached hydrogens (tertiary/aromatic N) is 3. The Bertz CT molecular complexity index is 1330. The van der Waals surface area contributed by atoms with Gasteiger partial charge in [-0.15, -0.1) is 0 Å². The first-order valence-electron chi connectivity index (χ1n) is 10.2. The van der Waals surface area contributed by atoms with Crippen LogP contribution in [0.2, 0.25) is 0 Å². The number of pyridine rings is 3. The molecule has 3 heterocycles. The second kappa shape index (κ2) is 11.7. The van der Waals surface area contributed by atoms with Crippen molar-refractivity contribution in [3.05, 3.63) is 110 Å². The smallest absolute Gasteiger partial charge is 0.141 e. The largest absolute Gasteiger partial charge is 0.506 e. The minimum atomic E-state index is 0. The number of phenolic OH excluding ortho intramolecular Hbond substituents is 3. The molecule has 0 amide bonds. The molecule has 1 radical (unpaired) electrons. The Hall–Kier alpha value is -4.06. The minimum absolute atomic E-state index is 0. The maximum Gasteiger partial charge on any atom is 0.141 e. The molecule has 0 atom stereocenters. The molecule has 0 fully saturated rings. The second-order valence-electron chi connectivity index (χ2n) is 7.06. The Morgan fingerprint density at radius 1 is 0.382 bits per heavy atom. The summed E-state index contributed by atoms with van der Waals surface area (Å²) in [4.78, 5) is 12.1. The zero-order valence-corrected chi connectivity index (χ0v) is 20.3. The predicted molar refractivity (Wildman–Crippen MR) is 130 cm³/mol. The molecule has 0 spiro atoms. The summed E-state index contributed by atoms with van der Waals surface area (Å²) in [6.45, 7) is 0. The molecule has 0 saturated carbocycles. The summed E-state index contributed by atoms with van der Waals surface area (Å²) in [6, 6.07) is 27.4. The van der Waals surface area contributed by atoms with Crippen molar-refractivity contribution < 1.29 is 35.4 Å². The quantitative estimate of drug-likeness (QED) is 0.196. The van der Waals surface area contributed by atoms with Gasteiger partial charge >= 0.3 is 0 Å². The molecule has 6 aromatic rings. The van der Waals surface area contributed by atoms with E-state index in [-0.39, 0.29) is 37.4 Å². The average molecular weight is 628 g/mol. The van der Waals surface area contributed by atoms with E-state index in [0.29, 0.717) is 16.6 Å². The van der Waals surface area contributed by atoms with Crippen molar-refractivity contribution >= 4 is 32.7 Å². The van der Waals surface area contributed by atoms with Crippen molar-refractivity contribution in [3.8, 4) is 17.2 Å². The van der Waals surface area contributed by atoms with Crippen LogP contribution in [0.4, 0.5) is 0 Å². The number of hydrogen-bond acceptors (Lipinski definition) is 6. The number of aromatic nitrogens is 3. The summed E-state index contributed by atoms with van der Waals surface area (Å²) >= 11 is 0. The normalized spacial score (nSPS) is 9.88. The molecule has 171 valence electrons. The van der Waals surface area contributed by atoms with Crippen molar-refractivity contribution in [2.75, 3.05) is 0 Å². The van der Waals surface area contributed by atoms with E-state index < -0.39 is 0 Å². The van der Waals surface area contributed by atoms with Crippen LogP contribution in [0.5, 0.6) is 17.2 Å². The maximum atomic E-state index is 9.31. The summed E-state index contributed by atoms with van der Waals surface area (Å²) in [7, 11) is 0. The zero-order chi connectivity index (χ0) is 23.0. The van der Waals surface area contributed by atoms with Gasteiger partial charge in [-0.3, -0.25) is 15.0 Å². The van der Waals surface area contributed by atoms with E-state index in [4.69, 9.17) is 0 Å². The van der Waals surface area contributed by atoms with Crippen LogP contribution in [0.3, 0.4) is 0 Å². The van der Waals surface area contributed by atoms with Crippen LogP contribution < -0.4 is 0 Å². The van der Waals surface area contributed by atoms with Gasteiger partial charge in [0.25, 0.3) is 0 Å². The topological polar surface area (TPSA) is 99.4 Å².